The van der Waals surface area contributed by atoms with Gasteiger partial charge in [0.2, 0.25) is 0 Å². The Morgan fingerprint density at radius 1 is 1.42 bits per heavy atom. The Balaban J connectivity index is 2.23. The first-order valence-electron chi connectivity index (χ1n) is 3.60. The van der Waals surface area contributed by atoms with Gasteiger partial charge in [-0.15, -0.1) is 11.3 Å². The minimum absolute atomic E-state index is 0.360. The van der Waals surface area contributed by atoms with Crippen LogP contribution in [0.5, 0.6) is 0 Å². The lowest BCUT2D eigenvalue weighted by Crippen LogP contribution is -2.02. The maximum absolute atomic E-state index is 12.0. The fourth-order valence-corrected chi connectivity index (χ4v) is 1.93. The molecule has 1 aliphatic carbocycles. The second kappa shape index (κ2) is 2.45. The zero-order valence-corrected chi connectivity index (χ0v) is 6.87. The van der Waals surface area contributed by atoms with Gasteiger partial charge in [0.25, 0.3) is 0 Å². The largest absolute Gasteiger partial charge is 0.443 e. The fourth-order valence-electron chi connectivity index (χ4n) is 0.974. The number of nitrogens with zero attached hydrogens (tertiary/aromatic N) is 1. The Morgan fingerprint density at radius 3 is 2.50 bits per heavy atom. The molecule has 0 radical (unpaired) electrons. The summed E-state index contributed by atoms with van der Waals surface area (Å²) in [5, 5.41) is -0.718. The van der Waals surface area contributed by atoms with Crippen molar-refractivity contribution < 1.29 is 13.2 Å². The fraction of sp³-hybridized carbons (Fsp3) is 0.571. The van der Waals surface area contributed by atoms with Crippen molar-refractivity contribution >= 4 is 11.3 Å². The molecule has 1 heterocycles. The van der Waals surface area contributed by atoms with Crippen LogP contribution in [0, 0.1) is 0 Å². The first-order valence-corrected chi connectivity index (χ1v) is 4.42. The smallest absolute Gasteiger partial charge is 0.240 e. The molecule has 12 heavy (non-hydrogen) atoms. The minimum Gasteiger partial charge on any atom is -0.240 e. The number of aromatic nitrogens is 1. The molecule has 1 aromatic rings. The van der Waals surface area contributed by atoms with Gasteiger partial charge >= 0.3 is 6.18 Å². The van der Waals surface area contributed by atoms with Crippen molar-refractivity contribution in [3.05, 3.63) is 16.1 Å². The molecule has 1 saturated carbocycles. The molecule has 2 rings (SSSR count). The number of rotatable bonds is 1. The van der Waals surface area contributed by atoms with Crippen molar-refractivity contribution in [2.75, 3.05) is 0 Å². The lowest BCUT2D eigenvalue weighted by atomic mass is 10.4. The molecule has 0 unspecified atom stereocenters. The van der Waals surface area contributed by atoms with Gasteiger partial charge in [-0.05, 0) is 18.8 Å². The summed E-state index contributed by atoms with van der Waals surface area (Å²) < 4.78 is 36.1. The van der Waals surface area contributed by atoms with Crippen LogP contribution in [0.3, 0.4) is 0 Å². The highest BCUT2D eigenvalue weighted by atomic mass is 32.1. The molecule has 0 aromatic carbocycles. The second-order valence-electron chi connectivity index (χ2n) is 2.84. The van der Waals surface area contributed by atoms with Gasteiger partial charge in [0.05, 0.1) is 0 Å². The van der Waals surface area contributed by atoms with E-state index in [1.54, 1.807) is 0 Å². The second-order valence-corrected chi connectivity index (χ2v) is 3.90. The Morgan fingerprint density at radius 2 is 2.08 bits per heavy atom. The molecule has 1 aromatic heterocycles. The first kappa shape index (κ1) is 8.04. The number of alkyl halides is 3. The number of halogens is 3. The third kappa shape index (κ3) is 1.46. The lowest BCUT2D eigenvalue weighted by Gasteiger charge is -1.98. The summed E-state index contributed by atoms with van der Waals surface area (Å²) in [6.45, 7) is 0. The molecule has 0 aliphatic heterocycles. The molecule has 5 heteroatoms. The van der Waals surface area contributed by atoms with Crippen LogP contribution in [0.1, 0.15) is 28.6 Å². The van der Waals surface area contributed by atoms with Crippen LogP contribution < -0.4 is 0 Å². The Hall–Kier alpha value is -0.580. The van der Waals surface area contributed by atoms with Crippen LogP contribution in [-0.2, 0) is 6.18 Å². The maximum Gasteiger partial charge on any atom is 0.443 e. The van der Waals surface area contributed by atoms with Gasteiger partial charge in [0, 0.05) is 11.1 Å². The molecule has 0 spiro atoms. The van der Waals surface area contributed by atoms with E-state index in [1.165, 1.54) is 6.20 Å². The van der Waals surface area contributed by atoms with Crippen molar-refractivity contribution in [2.24, 2.45) is 0 Å². The van der Waals surface area contributed by atoms with E-state index in [0.717, 1.165) is 29.1 Å². The predicted molar refractivity (Wildman–Crippen MR) is 39.1 cm³/mol. The summed E-state index contributed by atoms with van der Waals surface area (Å²) in [5.74, 6) is 0.360. The maximum atomic E-state index is 12.0. The zero-order chi connectivity index (χ0) is 8.77. The summed E-state index contributed by atoms with van der Waals surface area (Å²) in [4.78, 5) is 4.12. The minimum atomic E-state index is -4.27. The van der Waals surface area contributed by atoms with E-state index in [2.05, 4.69) is 4.98 Å². The number of hydrogen-bond donors (Lipinski definition) is 0. The first-order chi connectivity index (χ1) is 5.57. The van der Waals surface area contributed by atoms with Crippen LogP contribution in [0.4, 0.5) is 13.2 Å². The van der Waals surface area contributed by atoms with Crippen molar-refractivity contribution in [3.63, 3.8) is 0 Å². The summed E-state index contributed by atoms with van der Waals surface area (Å²) >= 11 is 0.774. The van der Waals surface area contributed by atoms with Crippen LogP contribution in [0.2, 0.25) is 0 Å². The van der Waals surface area contributed by atoms with E-state index in [1.807, 2.05) is 0 Å². The van der Waals surface area contributed by atoms with Crippen LogP contribution >= 0.6 is 11.3 Å². The van der Waals surface area contributed by atoms with Gasteiger partial charge in [-0.1, -0.05) is 0 Å². The van der Waals surface area contributed by atoms with Crippen LogP contribution in [0.25, 0.3) is 0 Å². The van der Waals surface area contributed by atoms with E-state index < -0.39 is 11.2 Å². The molecule has 0 N–H and O–H groups in total. The number of thiazole rings is 1. The summed E-state index contributed by atoms with van der Waals surface area (Å²) in [7, 11) is 0. The van der Waals surface area contributed by atoms with E-state index in [4.69, 9.17) is 0 Å². The van der Waals surface area contributed by atoms with Gasteiger partial charge in [-0.25, -0.2) is 4.98 Å². The molecule has 0 bridgehead atoms. The van der Waals surface area contributed by atoms with Crippen LogP contribution in [-0.4, -0.2) is 4.98 Å². The third-order valence-electron chi connectivity index (χ3n) is 1.75. The molecule has 0 atom stereocenters. The standard InChI is InChI=1S/C7H6F3NS/c8-7(9,10)6-11-3-5(12-6)4-1-2-4/h3-4H,1-2H2. The highest BCUT2D eigenvalue weighted by Crippen LogP contribution is 2.44. The Bertz CT molecular complexity index is 287. The van der Waals surface area contributed by atoms with Crippen molar-refractivity contribution in [1.29, 1.82) is 0 Å². The summed E-state index contributed by atoms with van der Waals surface area (Å²) in [6.07, 6.45) is -0.887. The molecule has 66 valence electrons. The molecular formula is C7H6F3NS. The molecular weight excluding hydrogens is 187 g/mol. The van der Waals surface area contributed by atoms with Gasteiger partial charge < -0.3 is 0 Å². The highest BCUT2D eigenvalue weighted by Gasteiger charge is 2.36. The van der Waals surface area contributed by atoms with Gasteiger partial charge in [-0.3, -0.25) is 0 Å². The molecule has 0 amide bonds. The Kier molecular flexibility index (Phi) is 1.64. The number of hydrogen-bond acceptors (Lipinski definition) is 2. The Labute approximate surface area is 71.2 Å². The zero-order valence-electron chi connectivity index (χ0n) is 6.06. The molecule has 1 aliphatic rings. The van der Waals surface area contributed by atoms with Crippen molar-refractivity contribution in [3.8, 4) is 0 Å². The molecule has 0 saturated heterocycles. The summed E-state index contributed by atoms with van der Waals surface area (Å²) in [6, 6.07) is 0. The third-order valence-corrected chi connectivity index (χ3v) is 2.95. The van der Waals surface area contributed by atoms with Gasteiger partial charge in [-0.2, -0.15) is 13.2 Å². The van der Waals surface area contributed by atoms with Crippen molar-refractivity contribution in [2.45, 2.75) is 24.9 Å². The monoisotopic (exact) mass is 193 g/mol. The highest BCUT2D eigenvalue weighted by molar-refractivity contribution is 7.11. The molecule has 1 fully saturated rings. The average molecular weight is 193 g/mol. The van der Waals surface area contributed by atoms with Gasteiger partial charge in [0.1, 0.15) is 0 Å². The SMILES string of the molecule is FC(F)(F)c1ncc(C2CC2)s1. The van der Waals surface area contributed by atoms with Gasteiger partial charge in [0.15, 0.2) is 5.01 Å². The lowest BCUT2D eigenvalue weighted by molar-refractivity contribution is -0.137. The predicted octanol–water partition coefficient (Wildman–Crippen LogP) is 3.04. The van der Waals surface area contributed by atoms with E-state index >= 15 is 0 Å². The van der Waals surface area contributed by atoms with E-state index in [9.17, 15) is 13.2 Å². The van der Waals surface area contributed by atoms with Crippen molar-refractivity contribution in [1.82, 2.24) is 4.98 Å². The van der Waals surface area contributed by atoms with E-state index in [0.29, 0.717) is 5.92 Å². The summed E-state index contributed by atoms with van der Waals surface area (Å²) in [5.41, 5.74) is 0. The average Bonchev–Trinajstić information content (AvgIpc) is 2.66. The molecule has 1 nitrogen and oxygen atoms in total. The normalized spacial score (nSPS) is 18.2. The van der Waals surface area contributed by atoms with E-state index in [-0.39, 0.29) is 0 Å². The topological polar surface area (TPSA) is 12.9 Å². The quantitative estimate of drug-likeness (QED) is 0.668. The van der Waals surface area contributed by atoms with Crippen LogP contribution in [0.15, 0.2) is 6.20 Å².